The minimum atomic E-state index is -3.61. The van der Waals surface area contributed by atoms with Crippen molar-refractivity contribution in [1.82, 2.24) is 13.7 Å². The van der Waals surface area contributed by atoms with E-state index < -0.39 is 10.0 Å². The summed E-state index contributed by atoms with van der Waals surface area (Å²) in [5, 5.41) is 1.93. The zero-order valence-corrected chi connectivity index (χ0v) is 13.7. The van der Waals surface area contributed by atoms with Crippen LogP contribution >= 0.6 is 11.3 Å². The lowest BCUT2D eigenvalue weighted by atomic mass is 9.83. The second-order valence-electron chi connectivity index (χ2n) is 6.03. The molecule has 9 heteroatoms. The molecule has 0 aliphatic carbocycles. The Balaban J connectivity index is 2.02. The van der Waals surface area contributed by atoms with Crippen LogP contribution in [0.25, 0.3) is 4.96 Å². The van der Waals surface area contributed by atoms with E-state index in [4.69, 9.17) is 5.84 Å². The summed E-state index contributed by atoms with van der Waals surface area (Å²) in [5.41, 5.74) is 2.59. The van der Waals surface area contributed by atoms with E-state index in [1.165, 1.54) is 15.6 Å². The molecular formula is C12H19N5O2S2. The standard InChI is InChI=1S/C12H19N5O2S2/c1-12(2)3-5-16(6-4-12)21(18,19)10-9(15-13)14-11-17(10)7-8-20-11/h7-8,15H,3-6,13H2,1-2H3. The maximum Gasteiger partial charge on any atom is 0.262 e. The largest absolute Gasteiger partial charge is 0.306 e. The first kappa shape index (κ1) is 14.8. The Labute approximate surface area is 127 Å². The molecule has 21 heavy (non-hydrogen) atoms. The second kappa shape index (κ2) is 4.94. The quantitative estimate of drug-likeness (QED) is 0.657. The predicted octanol–water partition coefficient (Wildman–Crippen LogP) is 1.49. The van der Waals surface area contributed by atoms with Crippen molar-refractivity contribution in [2.45, 2.75) is 31.7 Å². The minimum absolute atomic E-state index is 0.126. The number of fused-ring (bicyclic) bond motifs is 1. The first-order valence-electron chi connectivity index (χ1n) is 6.77. The van der Waals surface area contributed by atoms with Gasteiger partial charge >= 0.3 is 0 Å². The van der Waals surface area contributed by atoms with E-state index in [1.54, 1.807) is 16.0 Å². The van der Waals surface area contributed by atoms with Gasteiger partial charge < -0.3 is 5.43 Å². The molecule has 7 nitrogen and oxygen atoms in total. The Morgan fingerprint density at radius 1 is 1.38 bits per heavy atom. The maximum absolute atomic E-state index is 12.9. The van der Waals surface area contributed by atoms with Crippen LogP contribution in [-0.4, -0.2) is 35.2 Å². The van der Waals surface area contributed by atoms with Crippen molar-refractivity contribution in [3.63, 3.8) is 0 Å². The molecular weight excluding hydrogens is 310 g/mol. The van der Waals surface area contributed by atoms with E-state index in [1.807, 2.05) is 0 Å². The Hall–Kier alpha value is -1.16. The number of hydrogen-bond acceptors (Lipinski definition) is 6. The molecule has 0 bridgehead atoms. The molecule has 0 unspecified atom stereocenters. The molecule has 1 saturated heterocycles. The van der Waals surface area contributed by atoms with Crippen LogP contribution in [0.1, 0.15) is 26.7 Å². The van der Waals surface area contributed by atoms with Crippen LogP contribution < -0.4 is 11.3 Å². The number of imidazole rings is 1. The summed E-state index contributed by atoms with van der Waals surface area (Å²) in [6, 6.07) is 0. The minimum Gasteiger partial charge on any atom is -0.306 e. The van der Waals surface area contributed by atoms with E-state index in [9.17, 15) is 8.42 Å². The molecule has 0 aromatic carbocycles. The number of rotatable bonds is 3. The smallest absolute Gasteiger partial charge is 0.262 e. The van der Waals surface area contributed by atoms with Crippen LogP contribution in [0.15, 0.2) is 16.6 Å². The number of nitrogens with zero attached hydrogens (tertiary/aromatic N) is 3. The van der Waals surface area contributed by atoms with Gasteiger partial charge in [-0.2, -0.15) is 9.29 Å². The number of anilines is 1. The van der Waals surface area contributed by atoms with Gasteiger partial charge in [0.1, 0.15) is 0 Å². The molecule has 0 amide bonds. The summed E-state index contributed by atoms with van der Waals surface area (Å²) in [7, 11) is -3.61. The Bertz CT molecular complexity index is 752. The molecule has 3 rings (SSSR count). The van der Waals surface area contributed by atoms with Gasteiger partial charge in [0.2, 0.25) is 5.03 Å². The molecule has 0 atom stereocenters. The van der Waals surface area contributed by atoms with Crippen LogP contribution in [0, 0.1) is 5.41 Å². The summed E-state index contributed by atoms with van der Waals surface area (Å²) >= 11 is 1.37. The zero-order valence-electron chi connectivity index (χ0n) is 12.0. The lowest BCUT2D eigenvalue weighted by Crippen LogP contribution is -2.41. The Kier molecular flexibility index (Phi) is 3.47. The van der Waals surface area contributed by atoms with Gasteiger partial charge in [0, 0.05) is 24.7 Å². The number of thiazole rings is 1. The first-order chi connectivity index (χ1) is 9.85. The fourth-order valence-electron chi connectivity index (χ4n) is 2.56. The molecule has 2 aromatic rings. The van der Waals surface area contributed by atoms with E-state index >= 15 is 0 Å². The molecule has 116 valence electrons. The van der Waals surface area contributed by atoms with Gasteiger partial charge in [0.15, 0.2) is 10.8 Å². The predicted molar refractivity (Wildman–Crippen MR) is 82.7 cm³/mol. The van der Waals surface area contributed by atoms with Gasteiger partial charge in [-0.1, -0.05) is 13.8 Å². The van der Waals surface area contributed by atoms with Gasteiger partial charge in [-0.3, -0.25) is 4.40 Å². The number of hydrazine groups is 1. The maximum atomic E-state index is 12.9. The summed E-state index contributed by atoms with van der Waals surface area (Å²) in [6.45, 7) is 5.38. The monoisotopic (exact) mass is 329 g/mol. The van der Waals surface area contributed by atoms with Crippen LogP contribution in [0.2, 0.25) is 0 Å². The zero-order chi connectivity index (χ0) is 15.3. The highest BCUT2D eigenvalue weighted by Gasteiger charge is 2.36. The van der Waals surface area contributed by atoms with Gasteiger partial charge in [0.05, 0.1) is 0 Å². The lowest BCUT2D eigenvalue weighted by molar-refractivity contribution is 0.195. The number of aromatic nitrogens is 2. The van der Waals surface area contributed by atoms with Crippen molar-refractivity contribution >= 4 is 32.1 Å². The van der Waals surface area contributed by atoms with Crippen molar-refractivity contribution in [3.8, 4) is 0 Å². The highest BCUT2D eigenvalue weighted by Crippen LogP contribution is 2.34. The van der Waals surface area contributed by atoms with Gasteiger partial charge in [-0.25, -0.2) is 14.3 Å². The Morgan fingerprint density at radius 3 is 2.67 bits per heavy atom. The summed E-state index contributed by atoms with van der Waals surface area (Å²) in [5.74, 6) is 5.64. The summed E-state index contributed by atoms with van der Waals surface area (Å²) in [4.78, 5) is 4.83. The van der Waals surface area contributed by atoms with Crippen molar-refractivity contribution in [1.29, 1.82) is 0 Å². The number of piperidine rings is 1. The van der Waals surface area contributed by atoms with Crippen molar-refractivity contribution < 1.29 is 8.42 Å². The highest BCUT2D eigenvalue weighted by atomic mass is 32.2. The molecule has 3 N–H and O–H groups in total. The second-order valence-corrected chi connectivity index (χ2v) is 8.76. The topological polar surface area (TPSA) is 92.7 Å². The Morgan fingerprint density at radius 2 is 2.05 bits per heavy atom. The van der Waals surface area contributed by atoms with E-state index in [-0.39, 0.29) is 16.3 Å². The third kappa shape index (κ3) is 2.44. The molecule has 1 aliphatic heterocycles. The SMILES string of the molecule is CC1(C)CCN(S(=O)(=O)c2c(NN)nc3sccn23)CC1. The molecule has 0 saturated carbocycles. The number of hydrogen-bond donors (Lipinski definition) is 2. The van der Waals surface area contributed by atoms with Gasteiger partial charge in [-0.05, 0) is 18.3 Å². The average molecular weight is 329 g/mol. The molecule has 1 fully saturated rings. The summed E-state index contributed by atoms with van der Waals surface area (Å²) in [6.07, 6.45) is 3.40. The van der Waals surface area contributed by atoms with Gasteiger partial charge in [0.25, 0.3) is 10.0 Å². The number of sulfonamides is 1. The fourth-order valence-corrected chi connectivity index (χ4v) is 4.98. The molecule has 2 aromatic heterocycles. The molecule has 0 spiro atoms. The number of nitrogen functional groups attached to an aromatic ring is 1. The van der Waals surface area contributed by atoms with Crippen LogP contribution in [-0.2, 0) is 10.0 Å². The molecule has 1 aliphatic rings. The van der Waals surface area contributed by atoms with Gasteiger partial charge in [-0.15, -0.1) is 11.3 Å². The first-order valence-corrected chi connectivity index (χ1v) is 9.09. The van der Waals surface area contributed by atoms with Crippen LogP contribution in [0.3, 0.4) is 0 Å². The van der Waals surface area contributed by atoms with E-state index in [0.29, 0.717) is 18.1 Å². The van der Waals surface area contributed by atoms with Crippen LogP contribution in [0.5, 0.6) is 0 Å². The number of nitrogens with two attached hydrogens (primary N) is 1. The molecule has 3 heterocycles. The van der Waals surface area contributed by atoms with E-state index in [2.05, 4.69) is 24.3 Å². The fraction of sp³-hybridized carbons (Fsp3) is 0.583. The normalized spacial score (nSPS) is 20.0. The van der Waals surface area contributed by atoms with Crippen molar-refractivity contribution in [2.24, 2.45) is 11.3 Å². The third-order valence-corrected chi connectivity index (χ3v) is 6.70. The number of nitrogens with one attached hydrogen (secondary N) is 1. The van der Waals surface area contributed by atoms with Crippen LogP contribution in [0.4, 0.5) is 5.82 Å². The van der Waals surface area contributed by atoms with Crippen molar-refractivity contribution in [3.05, 3.63) is 11.6 Å². The lowest BCUT2D eigenvalue weighted by Gasteiger charge is -2.35. The summed E-state index contributed by atoms with van der Waals surface area (Å²) < 4.78 is 29.0. The third-order valence-electron chi connectivity index (χ3n) is 4.02. The average Bonchev–Trinajstić information content (AvgIpc) is 2.97. The molecule has 0 radical (unpaired) electrons. The van der Waals surface area contributed by atoms with E-state index in [0.717, 1.165) is 12.8 Å². The highest BCUT2D eigenvalue weighted by molar-refractivity contribution is 7.89. The van der Waals surface area contributed by atoms with Crippen molar-refractivity contribution in [2.75, 3.05) is 18.5 Å².